The van der Waals surface area contributed by atoms with E-state index in [4.69, 9.17) is 0 Å². The molecule has 0 saturated carbocycles. The lowest BCUT2D eigenvalue weighted by molar-refractivity contribution is -0.425. The zero-order valence-electron chi connectivity index (χ0n) is 25.3. The van der Waals surface area contributed by atoms with Gasteiger partial charge in [0.2, 0.25) is 6.34 Å². The first-order valence-corrected chi connectivity index (χ1v) is 15.7. The van der Waals surface area contributed by atoms with Crippen LogP contribution in [0.4, 0.5) is 11.4 Å². The van der Waals surface area contributed by atoms with Gasteiger partial charge in [0.05, 0.1) is 0 Å². The van der Waals surface area contributed by atoms with Crippen LogP contribution < -0.4 is 4.90 Å². The smallest absolute Gasteiger partial charge is 0.229 e. The SMILES string of the molecule is CCC(CC)c1cccc(C(CC)CC)c1N1C=[N+](c2c(C(CC)CC)cccc2C(CC)CC)CC1. The third-order valence-corrected chi connectivity index (χ3v) is 9.33. The van der Waals surface area contributed by atoms with Gasteiger partial charge in [0.15, 0.2) is 0 Å². The topological polar surface area (TPSA) is 6.25 Å². The molecule has 1 aliphatic rings. The summed E-state index contributed by atoms with van der Waals surface area (Å²) in [7, 11) is 0. The summed E-state index contributed by atoms with van der Waals surface area (Å²) in [5, 5.41) is 0. The summed E-state index contributed by atoms with van der Waals surface area (Å²) >= 11 is 0. The Morgan fingerprint density at radius 3 is 1.30 bits per heavy atom. The lowest BCUT2D eigenvalue weighted by Gasteiger charge is -2.25. The first-order valence-electron chi connectivity index (χ1n) is 15.7. The van der Waals surface area contributed by atoms with Crippen LogP contribution in [0.5, 0.6) is 0 Å². The van der Waals surface area contributed by atoms with Gasteiger partial charge in [-0.1, -0.05) is 91.8 Å². The average molecular weight is 504 g/mol. The number of hydrogen-bond donors (Lipinski definition) is 0. The Bertz CT molecular complexity index is 943. The van der Waals surface area contributed by atoms with Crippen molar-refractivity contribution < 1.29 is 4.58 Å². The van der Waals surface area contributed by atoms with E-state index in [9.17, 15) is 0 Å². The summed E-state index contributed by atoms with van der Waals surface area (Å²) < 4.78 is 2.63. The molecule has 2 aromatic carbocycles. The number of benzene rings is 2. The molecule has 2 nitrogen and oxygen atoms in total. The Labute approximate surface area is 229 Å². The molecule has 3 rings (SSSR count). The van der Waals surface area contributed by atoms with Crippen molar-refractivity contribution >= 4 is 17.7 Å². The molecule has 0 spiro atoms. The molecular weight excluding hydrogens is 448 g/mol. The summed E-state index contributed by atoms with van der Waals surface area (Å²) in [6, 6.07) is 14.3. The summed E-state index contributed by atoms with van der Waals surface area (Å²) in [5.41, 5.74) is 9.25. The lowest BCUT2D eigenvalue weighted by Crippen LogP contribution is -2.23. The summed E-state index contributed by atoms with van der Waals surface area (Å²) in [6.45, 7) is 21.0. The molecule has 2 aromatic rings. The minimum absolute atomic E-state index is 0.615. The Morgan fingerprint density at radius 1 is 0.568 bits per heavy atom. The second kappa shape index (κ2) is 14.2. The molecule has 0 bridgehead atoms. The fourth-order valence-electron chi connectivity index (χ4n) is 6.89. The third kappa shape index (κ3) is 6.15. The van der Waals surface area contributed by atoms with Crippen LogP contribution in [0, 0.1) is 0 Å². The highest BCUT2D eigenvalue weighted by molar-refractivity contribution is 5.82. The van der Waals surface area contributed by atoms with Crippen molar-refractivity contribution in [1.29, 1.82) is 0 Å². The summed E-state index contributed by atoms with van der Waals surface area (Å²) in [5.74, 6) is 2.46. The van der Waals surface area contributed by atoms with Crippen LogP contribution in [-0.2, 0) is 0 Å². The van der Waals surface area contributed by atoms with E-state index in [-0.39, 0.29) is 0 Å². The first kappa shape index (κ1) is 29.5. The van der Waals surface area contributed by atoms with Gasteiger partial charge < -0.3 is 0 Å². The number of nitrogens with zero attached hydrogens (tertiary/aromatic N) is 2. The van der Waals surface area contributed by atoms with Crippen LogP contribution >= 0.6 is 0 Å². The highest BCUT2D eigenvalue weighted by Crippen LogP contribution is 2.43. The maximum Gasteiger partial charge on any atom is 0.244 e. The highest BCUT2D eigenvalue weighted by Gasteiger charge is 2.33. The molecule has 1 aliphatic heterocycles. The highest BCUT2D eigenvalue weighted by atomic mass is 15.3. The molecule has 2 heteroatoms. The van der Waals surface area contributed by atoms with Gasteiger partial charge in [-0.05, 0) is 75.0 Å². The Balaban J connectivity index is 2.22. The monoisotopic (exact) mass is 503 g/mol. The molecule has 0 fully saturated rings. The fraction of sp³-hybridized carbons (Fsp3) is 0.629. The van der Waals surface area contributed by atoms with Gasteiger partial charge in [0.1, 0.15) is 24.5 Å². The molecule has 0 aromatic heterocycles. The minimum Gasteiger partial charge on any atom is -0.229 e. The standard InChI is InChI=1S/C35H55N2/c1-9-26(10-2)30-19-17-20-31(27(11-3)12-4)34(30)36-23-24-37(25-36)35-32(28(13-5)14-6)21-18-22-33(35)29(15-7)16-8/h17-22,25-29H,9-16,23-24H2,1-8H3/q+1. The van der Waals surface area contributed by atoms with Crippen LogP contribution in [0.2, 0.25) is 0 Å². The predicted molar refractivity (Wildman–Crippen MR) is 164 cm³/mol. The largest absolute Gasteiger partial charge is 0.244 e. The third-order valence-electron chi connectivity index (χ3n) is 9.33. The van der Waals surface area contributed by atoms with Gasteiger partial charge in [0.25, 0.3) is 0 Å². The van der Waals surface area contributed by atoms with E-state index in [1.807, 2.05) is 0 Å². The number of rotatable bonds is 14. The van der Waals surface area contributed by atoms with Crippen molar-refractivity contribution in [3.63, 3.8) is 0 Å². The molecule has 1 heterocycles. The average Bonchev–Trinajstić information content (AvgIpc) is 3.41. The van der Waals surface area contributed by atoms with Crippen molar-refractivity contribution in [2.75, 3.05) is 18.0 Å². The van der Waals surface area contributed by atoms with E-state index < -0.39 is 0 Å². The summed E-state index contributed by atoms with van der Waals surface area (Å²) in [6.07, 6.45) is 12.1. The van der Waals surface area contributed by atoms with E-state index in [1.165, 1.54) is 62.7 Å². The summed E-state index contributed by atoms with van der Waals surface area (Å²) in [4.78, 5) is 2.63. The maximum atomic E-state index is 2.63. The van der Waals surface area contributed by atoms with Crippen LogP contribution in [0.15, 0.2) is 36.4 Å². The van der Waals surface area contributed by atoms with Gasteiger partial charge >= 0.3 is 0 Å². The molecular formula is C35H55N2+. The zero-order valence-corrected chi connectivity index (χ0v) is 25.3. The van der Waals surface area contributed by atoms with Crippen molar-refractivity contribution in [3.8, 4) is 0 Å². The second-order valence-electron chi connectivity index (χ2n) is 11.1. The van der Waals surface area contributed by atoms with Gasteiger partial charge in [-0.25, -0.2) is 9.48 Å². The van der Waals surface area contributed by atoms with Gasteiger partial charge in [-0.15, -0.1) is 0 Å². The molecule has 204 valence electrons. The van der Waals surface area contributed by atoms with Crippen LogP contribution in [0.25, 0.3) is 0 Å². The molecule has 37 heavy (non-hydrogen) atoms. The van der Waals surface area contributed by atoms with Crippen molar-refractivity contribution in [1.82, 2.24) is 0 Å². The van der Waals surface area contributed by atoms with Gasteiger partial charge in [0, 0.05) is 22.3 Å². The first-order chi connectivity index (χ1) is 18.0. The normalized spacial score (nSPS) is 14.1. The van der Waals surface area contributed by atoms with E-state index in [1.54, 1.807) is 22.3 Å². The fourth-order valence-corrected chi connectivity index (χ4v) is 6.89. The van der Waals surface area contributed by atoms with Crippen molar-refractivity contribution in [2.45, 2.75) is 130 Å². The van der Waals surface area contributed by atoms with Gasteiger partial charge in [-0.2, -0.15) is 0 Å². The molecule has 0 saturated heterocycles. The molecule has 0 aliphatic carbocycles. The van der Waals surface area contributed by atoms with E-state index in [0.717, 1.165) is 13.1 Å². The number of para-hydroxylation sites is 2. The van der Waals surface area contributed by atoms with E-state index in [0.29, 0.717) is 23.7 Å². The molecule has 0 radical (unpaired) electrons. The van der Waals surface area contributed by atoms with Gasteiger partial charge in [-0.3, -0.25) is 0 Å². The number of anilines is 1. The number of hydrogen-bond acceptors (Lipinski definition) is 1. The zero-order chi connectivity index (χ0) is 26.9. The maximum absolute atomic E-state index is 2.63. The minimum atomic E-state index is 0.615. The van der Waals surface area contributed by atoms with Crippen molar-refractivity contribution in [3.05, 3.63) is 58.7 Å². The Hall–Kier alpha value is -2.09. The van der Waals surface area contributed by atoms with E-state index in [2.05, 4.69) is 108 Å². The second-order valence-corrected chi connectivity index (χ2v) is 11.1. The van der Waals surface area contributed by atoms with Crippen LogP contribution in [0.3, 0.4) is 0 Å². The lowest BCUT2D eigenvalue weighted by atomic mass is 9.85. The molecule has 0 unspecified atom stereocenters. The van der Waals surface area contributed by atoms with Crippen LogP contribution in [0.1, 0.15) is 153 Å². The van der Waals surface area contributed by atoms with Crippen LogP contribution in [-0.4, -0.2) is 24.0 Å². The molecule has 0 N–H and O–H groups in total. The Morgan fingerprint density at radius 2 is 0.919 bits per heavy atom. The quantitative estimate of drug-likeness (QED) is 0.232. The van der Waals surface area contributed by atoms with Crippen molar-refractivity contribution in [2.24, 2.45) is 0 Å². The predicted octanol–water partition coefficient (Wildman–Crippen LogP) is 10.5. The Kier molecular flexibility index (Phi) is 11.3. The molecule has 0 atom stereocenters. The molecule has 0 amide bonds. The van der Waals surface area contributed by atoms with E-state index >= 15 is 0 Å².